The van der Waals surface area contributed by atoms with Gasteiger partial charge in [-0.25, -0.2) is 9.97 Å². The van der Waals surface area contributed by atoms with Gasteiger partial charge in [-0.1, -0.05) is 0 Å². The zero-order chi connectivity index (χ0) is 23.9. The third-order valence-electron chi connectivity index (χ3n) is 7.52. The van der Waals surface area contributed by atoms with Crippen LogP contribution in [0.2, 0.25) is 0 Å². The van der Waals surface area contributed by atoms with Crippen LogP contribution in [0.1, 0.15) is 34.8 Å². The molecule has 0 saturated carbocycles. The van der Waals surface area contributed by atoms with E-state index in [1.54, 1.807) is 12.5 Å². The number of anilines is 1. The van der Waals surface area contributed by atoms with Gasteiger partial charge >= 0.3 is 0 Å². The summed E-state index contributed by atoms with van der Waals surface area (Å²) in [6, 6.07) is 7.96. The van der Waals surface area contributed by atoms with Crippen LogP contribution < -0.4 is 4.90 Å². The van der Waals surface area contributed by atoms with E-state index in [1.165, 1.54) is 0 Å². The van der Waals surface area contributed by atoms with Crippen molar-refractivity contribution in [2.24, 2.45) is 7.05 Å². The van der Waals surface area contributed by atoms with E-state index in [4.69, 9.17) is 4.98 Å². The first-order valence-corrected chi connectivity index (χ1v) is 12.3. The number of amides is 1. The fourth-order valence-electron chi connectivity index (χ4n) is 5.32. The molecular formula is C26H30N8O. The van der Waals surface area contributed by atoms with Crippen LogP contribution >= 0.6 is 0 Å². The number of aryl methyl sites for hydroxylation is 1. The average Bonchev–Trinajstić information content (AvgIpc) is 3.28. The molecule has 1 aromatic carbocycles. The quantitative estimate of drug-likeness (QED) is 0.455. The summed E-state index contributed by atoms with van der Waals surface area (Å²) in [6.07, 6.45) is 7.17. The highest BCUT2D eigenvalue weighted by atomic mass is 16.2. The summed E-state index contributed by atoms with van der Waals surface area (Å²) in [5, 5.41) is 5.27. The Morgan fingerprint density at radius 1 is 0.914 bits per heavy atom. The summed E-state index contributed by atoms with van der Waals surface area (Å²) in [7, 11) is 4.07. The fraction of sp³-hybridized carbons (Fsp3) is 0.423. The minimum absolute atomic E-state index is 0.0803. The number of hydrogen-bond donors (Lipinski definition) is 0. The fourth-order valence-corrected chi connectivity index (χ4v) is 5.32. The summed E-state index contributed by atoms with van der Waals surface area (Å²) in [4.78, 5) is 33.8. The van der Waals surface area contributed by atoms with Gasteiger partial charge in [-0.2, -0.15) is 5.10 Å². The molecule has 2 saturated heterocycles. The zero-order valence-electron chi connectivity index (χ0n) is 20.3. The predicted octanol–water partition coefficient (Wildman–Crippen LogP) is 2.68. The number of piperazine rings is 1. The smallest absolute Gasteiger partial charge is 0.253 e. The number of nitrogens with zero attached hydrogens (tertiary/aromatic N) is 8. The standard InChI is InChI=1S/C26H30N8O/c1-31-9-11-33(12-10-31)21-14-22-25(27-16-21)24(29-17-28-22)18-5-7-34(8-6-18)26(35)19-3-4-23-20(13-19)15-30-32(23)2/h3-4,13-18H,5-12H2,1-2H3. The van der Waals surface area contributed by atoms with Crippen molar-refractivity contribution < 1.29 is 4.79 Å². The highest BCUT2D eigenvalue weighted by molar-refractivity contribution is 5.98. The molecule has 0 N–H and O–H groups in total. The molecule has 1 amide bonds. The van der Waals surface area contributed by atoms with Crippen LogP contribution in [0.3, 0.4) is 0 Å². The molecule has 2 fully saturated rings. The van der Waals surface area contributed by atoms with Crippen molar-refractivity contribution in [3.63, 3.8) is 0 Å². The van der Waals surface area contributed by atoms with Gasteiger partial charge in [0.05, 0.1) is 34.8 Å². The summed E-state index contributed by atoms with van der Waals surface area (Å²) in [5.41, 5.74) is 5.66. The van der Waals surface area contributed by atoms with E-state index >= 15 is 0 Å². The van der Waals surface area contributed by atoms with Crippen molar-refractivity contribution in [1.82, 2.24) is 34.5 Å². The lowest BCUT2D eigenvalue weighted by Gasteiger charge is -2.34. The highest BCUT2D eigenvalue weighted by Gasteiger charge is 2.27. The Kier molecular flexibility index (Phi) is 5.56. The Hall–Kier alpha value is -3.59. The molecule has 2 aliphatic rings. The van der Waals surface area contributed by atoms with Crippen LogP contribution in [0.5, 0.6) is 0 Å². The second kappa shape index (κ2) is 8.88. The summed E-state index contributed by atoms with van der Waals surface area (Å²) in [5.74, 6) is 0.351. The van der Waals surface area contributed by atoms with Gasteiger partial charge in [-0.05, 0) is 44.2 Å². The van der Waals surface area contributed by atoms with Gasteiger partial charge in [0.2, 0.25) is 0 Å². The third kappa shape index (κ3) is 4.10. The number of aromatic nitrogens is 5. The maximum Gasteiger partial charge on any atom is 0.253 e. The molecule has 2 aliphatic heterocycles. The number of piperidine rings is 1. The van der Waals surface area contributed by atoms with Crippen LogP contribution in [-0.2, 0) is 7.05 Å². The largest absolute Gasteiger partial charge is 0.368 e. The molecule has 0 aliphatic carbocycles. The number of benzene rings is 1. The Bertz CT molecular complexity index is 1380. The number of pyridine rings is 1. The molecule has 180 valence electrons. The molecule has 35 heavy (non-hydrogen) atoms. The van der Waals surface area contributed by atoms with Gasteiger partial charge in [0, 0.05) is 63.2 Å². The maximum atomic E-state index is 13.2. The van der Waals surface area contributed by atoms with Crippen LogP contribution in [0.4, 0.5) is 5.69 Å². The van der Waals surface area contributed by atoms with Gasteiger partial charge < -0.3 is 14.7 Å². The molecule has 5 heterocycles. The molecule has 0 unspecified atom stereocenters. The Labute approximate surface area is 204 Å². The minimum atomic E-state index is 0.0803. The minimum Gasteiger partial charge on any atom is -0.368 e. The topological polar surface area (TPSA) is 83.3 Å². The van der Waals surface area contributed by atoms with Crippen molar-refractivity contribution in [2.45, 2.75) is 18.8 Å². The van der Waals surface area contributed by atoms with Crippen LogP contribution in [0, 0.1) is 0 Å². The molecule has 0 spiro atoms. The molecule has 0 radical (unpaired) electrons. The first-order chi connectivity index (χ1) is 17.1. The lowest BCUT2D eigenvalue weighted by molar-refractivity contribution is 0.0712. The number of carbonyl (C=O) groups is 1. The lowest BCUT2D eigenvalue weighted by Crippen LogP contribution is -2.44. The van der Waals surface area contributed by atoms with Gasteiger partial charge in [0.15, 0.2) is 0 Å². The summed E-state index contributed by atoms with van der Waals surface area (Å²) in [6.45, 7) is 5.53. The first kappa shape index (κ1) is 21.9. The van der Waals surface area contributed by atoms with Crippen molar-refractivity contribution in [2.75, 3.05) is 51.2 Å². The molecular weight excluding hydrogens is 440 g/mol. The van der Waals surface area contributed by atoms with E-state index in [0.29, 0.717) is 13.1 Å². The molecule has 6 rings (SSSR count). The van der Waals surface area contributed by atoms with E-state index < -0.39 is 0 Å². The number of carbonyl (C=O) groups excluding carboxylic acids is 1. The summed E-state index contributed by atoms with van der Waals surface area (Å²) < 4.78 is 1.82. The van der Waals surface area contributed by atoms with E-state index in [9.17, 15) is 4.79 Å². The molecule has 3 aromatic heterocycles. The SMILES string of the molecule is CN1CCN(c2cnc3c(C4CCN(C(=O)c5ccc6c(cnn6C)c5)CC4)ncnc3c2)CC1. The Morgan fingerprint density at radius 3 is 2.51 bits per heavy atom. The van der Waals surface area contributed by atoms with Crippen molar-refractivity contribution in [3.8, 4) is 0 Å². The Morgan fingerprint density at radius 2 is 1.71 bits per heavy atom. The molecule has 0 atom stereocenters. The maximum absolute atomic E-state index is 13.2. The third-order valence-corrected chi connectivity index (χ3v) is 7.52. The van der Waals surface area contributed by atoms with Crippen molar-refractivity contribution in [3.05, 3.63) is 54.2 Å². The zero-order valence-corrected chi connectivity index (χ0v) is 20.3. The number of likely N-dealkylation sites (tertiary alicyclic amines) is 1. The second-order valence-corrected chi connectivity index (χ2v) is 9.72. The number of fused-ring (bicyclic) bond motifs is 2. The second-order valence-electron chi connectivity index (χ2n) is 9.72. The van der Waals surface area contributed by atoms with Crippen molar-refractivity contribution >= 4 is 33.5 Å². The van der Waals surface area contributed by atoms with Gasteiger partial charge in [0.25, 0.3) is 5.91 Å². The van der Waals surface area contributed by atoms with Crippen molar-refractivity contribution in [1.29, 1.82) is 0 Å². The number of likely N-dealkylation sites (N-methyl/N-ethyl adjacent to an activating group) is 1. The van der Waals surface area contributed by atoms with Gasteiger partial charge in [-0.15, -0.1) is 0 Å². The number of hydrogen-bond acceptors (Lipinski definition) is 7. The van der Waals surface area contributed by atoms with E-state index in [1.807, 2.05) is 41.0 Å². The van der Waals surface area contributed by atoms with E-state index in [-0.39, 0.29) is 11.8 Å². The van der Waals surface area contributed by atoms with E-state index in [2.05, 4.69) is 38.0 Å². The number of rotatable bonds is 3. The van der Waals surface area contributed by atoms with Gasteiger partial charge in [-0.3, -0.25) is 14.5 Å². The normalized spacial score (nSPS) is 18.0. The van der Waals surface area contributed by atoms with Gasteiger partial charge in [0.1, 0.15) is 11.8 Å². The first-order valence-electron chi connectivity index (χ1n) is 12.3. The molecule has 4 aromatic rings. The van der Waals surface area contributed by atoms with Crippen LogP contribution in [0.25, 0.3) is 21.9 Å². The predicted molar refractivity (Wildman–Crippen MR) is 136 cm³/mol. The monoisotopic (exact) mass is 470 g/mol. The Balaban J connectivity index is 1.17. The molecule has 9 nitrogen and oxygen atoms in total. The molecule has 9 heteroatoms. The lowest BCUT2D eigenvalue weighted by atomic mass is 9.92. The molecule has 0 bridgehead atoms. The average molecular weight is 471 g/mol. The van der Waals surface area contributed by atoms with E-state index in [0.717, 1.165) is 77.9 Å². The summed E-state index contributed by atoms with van der Waals surface area (Å²) >= 11 is 0. The van der Waals surface area contributed by atoms with Crippen LogP contribution in [0.15, 0.2) is 43.0 Å². The highest BCUT2D eigenvalue weighted by Crippen LogP contribution is 2.32. The van der Waals surface area contributed by atoms with Crippen LogP contribution in [-0.4, -0.2) is 86.8 Å².